The number of benzene rings is 1. The Balaban J connectivity index is 1.50. The lowest BCUT2D eigenvalue weighted by atomic mass is 10.2. The monoisotopic (exact) mass is 328 g/mol. The van der Waals surface area contributed by atoms with Gasteiger partial charge in [0.1, 0.15) is 5.52 Å². The highest BCUT2D eigenvalue weighted by molar-refractivity contribution is 5.89. The van der Waals surface area contributed by atoms with E-state index in [2.05, 4.69) is 4.98 Å². The van der Waals surface area contributed by atoms with E-state index in [1.807, 2.05) is 18.2 Å². The number of para-hydroxylation sites is 2. The molecule has 1 amide bonds. The van der Waals surface area contributed by atoms with Gasteiger partial charge in [-0.25, -0.2) is 9.78 Å². The van der Waals surface area contributed by atoms with E-state index in [4.69, 9.17) is 9.15 Å². The van der Waals surface area contributed by atoms with Gasteiger partial charge in [-0.15, -0.1) is 0 Å². The van der Waals surface area contributed by atoms with Gasteiger partial charge < -0.3 is 14.1 Å². The summed E-state index contributed by atoms with van der Waals surface area (Å²) >= 11 is 0. The summed E-state index contributed by atoms with van der Waals surface area (Å²) in [5, 5.41) is 0. The van der Waals surface area contributed by atoms with E-state index in [9.17, 15) is 9.59 Å². The predicted octanol–water partition coefficient (Wildman–Crippen LogP) is 2.79. The van der Waals surface area contributed by atoms with Crippen LogP contribution in [0, 0.1) is 0 Å². The van der Waals surface area contributed by atoms with E-state index < -0.39 is 5.97 Å². The quantitative estimate of drug-likeness (QED) is 0.637. The minimum atomic E-state index is -0.583. The number of carbonyl (C=O) groups excluding carboxylic acids is 2. The normalized spacial score (nSPS) is 15.6. The van der Waals surface area contributed by atoms with Crippen LogP contribution >= 0.6 is 0 Å². The maximum absolute atomic E-state index is 12.0. The number of rotatable bonds is 4. The predicted molar refractivity (Wildman–Crippen MR) is 89.1 cm³/mol. The molecule has 1 aromatic carbocycles. The summed E-state index contributed by atoms with van der Waals surface area (Å²) < 4.78 is 10.5. The zero-order chi connectivity index (χ0) is 16.8. The molecule has 6 nitrogen and oxygen atoms in total. The number of hydrogen-bond donors (Lipinski definition) is 0. The third kappa shape index (κ3) is 4.22. The Labute approximate surface area is 140 Å². The fourth-order valence-corrected chi connectivity index (χ4v) is 2.69. The number of likely N-dealkylation sites (tertiary alicyclic amines) is 1. The minimum Gasteiger partial charge on any atom is -0.452 e. The van der Waals surface area contributed by atoms with Crippen LogP contribution in [0.15, 0.2) is 34.8 Å². The van der Waals surface area contributed by atoms with Crippen LogP contribution in [0.3, 0.4) is 0 Å². The molecule has 1 fully saturated rings. The second-order valence-corrected chi connectivity index (χ2v) is 5.76. The number of aromatic nitrogens is 1. The number of fused-ring (bicyclic) bond motifs is 1. The maximum Gasteiger partial charge on any atom is 0.331 e. The first-order chi connectivity index (χ1) is 11.7. The molecule has 1 saturated heterocycles. The highest BCUT2D eigenvalue weighted by Gasteiger charge is 2.16. The Hall–Kier alpha value is -2.63. The van der Waals surface area contributed by atoms with Gasteiger partial charge in [0.05, 0.1) is 0 Å². The molecule has 0 N–H and O–H groups in total. The summed E-state index contributed by atoms with van der Waals surface area (Å²) in [6.45, 7) is 1.26. The Morgan fingerprint density at radius 1 is 1.17 bits per heavy atom. The molecular weight excluding hydrogens is 308 g/mol. The van der Waals surface area contributed by atoms with Gasteiger partial charge in [0, 0.05) is 25.2 Å². The number of oxazole rings is 1. The largest absolute Gasteiger partial charge is 0.452 e. The average Bonchev–Trinajstić information content (AvgIpc) is 2.81. The molecule has 0 bridgehead atoms. The van der Waals surface area contributed by atoms with Gasteiger partial charge in [-0.2, -0.15) is 0 Å². The molecular formula is C18H20N2O4. The third-order valence-corrected chi connectivity index (χ3v) is 3.97. The summed E-state index contributed by atoms with van der Waals surface area (Å²) in [5.41, 5.74) is 1.38. The van der Waals surface area contributed by atoms with Crippen molar-refractivity contribution in [2.24, 2.45) is 0 Å². The van der Waals surface area contributed by atoms with Crippen molar-refractivity contribution in [1.29, 1.82) is 0 Å². The minimum absolute atomic E-state index is 0.138. The standard InChI is InChI=1S/C18H20N2O4/c21-17(20-11-5-1-2-6-12-20)13-23-18(22)10-9-16-19-14-7-3-4-8-15(14)24-16/h3-4,7-10H,1-2,5-6,11-13H2/b10-9+. The molecule has 2 aromatic rings. The topological polar surface area (TPSA) is 72.6 Å². The number of carbonyl (C=O) groups is 2. The van der Waals surface area contributed by atoms with Gasteiger partial charge in [-0.3, -0.25) is 4.79 Å². The maximum atomic E-state index is 12.0. The van der Waals surface area contributed by atoms with Crippen molar-refractivity contribution < 1.29 is 18.7 Å². The highest BCUT2D eigenvalue weighted by Crippen LogP contribution is 2.15. The van der Waals surface area contributed by atoms with Crippen LogP contribution in [-0.2, 0) is 14.3 Å². The first-order valence-electron chi connectivity index (χ1n) is 8.20. The van der Waals surface area contributed by atoms with Crippen LogP contribution in [-0.4, -0.2) is 41.5 Å². The van der Waals surface area contributed by atoms with Crippen molar-refractivity contribution in [1.82, 2.24) is 9.88 Å². The molecule has 1 aliphatic heterocycles. The Morgan fingerprint density at radius 3 is 2.67 bits per heavy atom. The molecule has 3 rings (SSSR count). The summed E-state index contributed by atoms with van der Waals surface area (Å²) in [6, 6.07) is 7.34. The molecule has 24 heavy (non-hydrogen) atoms. The Kier molecular flexibility index (Phi) is 5.25. The molecule has 1 aromatic heterocycles. The fraction of sp³-hybridized carbons (Fsp3) is 0.389. The lowest BCUT2D eigenvalue weighted by molar-refractivity contribution is -0.148. The molecule has 126 valence electrons. The van der Waals surface area contributed by atoms with E-state index in [1.54, 1.807) is 11.0 Å². The van der Waals surface area contributed by atoms with Crippen molar-refractivity contribution in [3.8, 4) is 0 Å². The highest BCUT2D eigenvalue weighted by atomic mass is 16.5. The number of ether oxygens (including phenoxy) is 1. The van der Waals surface area contributed by atoms with E-state index in [0.29, 0.717) is 11.5 Å². The fourth-order valence-electron chi connectivity index (χ4n) is 2.69. The van der Waals surface area contributed by atoms with Crippen molar-refractivity contribution >= 4 is 29.1 Å². The lowest BCUT2D eigenvalue weighted by Gasteiger charge is -2.19. The summed E-state index contributed by atoms with van der Waals surface area (Å²) in [7, 11) is 0. The molecule has 0 unspecified atom stereocenters. The molecule has 0 spiro atoms. The SMILES string of the molecule is O=C(/C=C/c1nc2ccccc2o1)OCC(=O)N1CCCCCC1. The van der Waals surface area contributed by atoms with Gasteiger partial charge in [-0.05, 0) is 25.0 Å². The van der Waals surface area contributed by atoms with E-state index in [-0.39, 0.29) is 12.5 Å². The molecule has 0 atom stereocenters. The van der Waals surface area contributed by atoms with Gasteiger partial charge in [-0.1, -0.05) is 25.0 Å². The molecule has 0 radical (unpaired) electrons. The van der Waals surface area contributed by atoms with Crippen LogP contribution in [0.2, 0.25) is 0 Å². The number of esters is 1. The molecule has 0 aliphatic carbocycles. The first-order valence-corrected chi connectivity index (χ1v) is 8.20. The smallest absolute Gasteiger partial charge is 0.331 e. The summed E-state index contributed by atoms with van der Waals surface area (Å²) in [5.74, 6) is -0.395. The van der Waals surface area contributed by atoms with Crippen molar-refractivity contribution in [2.75, 3.05) is 19.7 Å². The lowest BCUT2D eigenvalue weighted by Crippen LogP contribution is -2.35. The molecule has 6 heteroatoms. The zero-order valence-electron chi connectivity index (χ0n) is 13.4. The van der Waals surface area contributed by atoms with Gasteiger partial charge in [0.2, 0.25) is 5.89 Å². The molecule has 2 heterocycles. The van der Waals surface area contributed by atoms with Crippen LogP contribution in [0.5, 0.6) is 0 Å². The number of amides is 1. The van der Waals surface area contributed by atoms with Crippen LogP contribution < -0.4 is 0 Å². The van der Waals surface area contributed by atoms with Gasteiger partial charge >= 0.3 is 5.97 Å². The van der Waals surface area contributed by atoms with Crippen LogP contribution in [0.4, 0.5) is 0 Å². The first kappa shape index (κ1) is 16.2. The van der Waals surface area contributed by atoms with Crippen molar-refractivity contribution in [3.63, 3.8) is 0 Å². The third-order valence-electron chi connectivity index (χ3n) is 3.97. The van der Waals surface area contributed by atoms with Crippen molar-refractivity contribution in [3.05, 3.63) is 36.2 Å². The Bertz CT molecular complexity index is 709. The number of nitrogens with zero attached hydrogens (tertiary/aromatic N) is 2. The summed E-state index contributed by atoms with van der Waals surface area (Å²) in [4.78, 5) is 29.8. The van der Waals surface area contributed by atoms with E-state index in [1.165, 1.54) is 12.2 Å². The average molecular weight is 328 g/mol. The second kappa shape index (κ2) is 7.77. The van der Waals surface area contributed by atoms with Crippen LogP contribution in [0.1, 0.15) is 31.6 Å². The molecule has 1 aliphatic rings. The second-order valence-electron chi connectivity index (χ2n) is 5.76. The van der Waals surface area contributed by atoms with Crippen LogP contribution in [0.25, 0.3) is 17.2 Å². The summed E-state index contributed by atoms with van der Waals surface area (Å²) in [6.07, 6.45) is 6.99. The van der Waals surface area contributed by atoms with Crippen molar-refractivity contribution in [2.45, 2.75) is 25.7 Å². The van der Waals surface area contributed by atoms with E-state index >= 15 is 0 Å². The Morgan fingerprint density at radius 2 is 1.92 bits per heavy atom. The van der Waals surface area contributed by atoms with Gasteiger partial charge in [0.15, 0.2) is 12.2 Å². The number of hydrogen-bond acceptors (Lipinski definition) is 5. The zero-order valence-corrected chi connectivity index (χ0v) is 13.4. The van der Waals surface area contributed by atoms with Gasteiger partial charge in [0.25, 0.3) is 5.91 Å². The van der Waals surface area contributed by atoms with E-state index in [0.717, 1.165) is 44.3 Å². The molecule has 0 saturated carbocycles.